The molecule has 6 nitrogen and oxygen atoms in total. The molecule has 0 N–H and O–H groups in total. The Morgan fingerprint density at radius 1 is 1.26 bits per heavy atom. The maximum absolute atomic E-state index is 12.6. The first-order valence-electron chi connectivity index (χ1n) is 8.94. The molecule has 1 atom stereocenters. The van der Waals surface area contributed by atoms with Crippen LogP contribution in [0.5, 0.6) is 0 Å². The highest BCUT2D eigenvalue weighted by Crippen LogP contribution is 2.28. The Balaban J connectivity index is 1.45. The van der Waals surface area contributed by atoms with Crippen LogP contribution in [0, 0.1) is 0 Å². The first-order chi connectivity index (χ1) is 13.2. The zero-order valence-electron chi connectivity index (χ0n) is 14.7. The van der Waals surface area contributed by atoms with E-state index in [9.17, 15) is 4.79 Å². The van der Waals surface area contributed by atoms with E-state index >= 15 is 0 Å². The number of nitrogens with zero attached hydrogens (tertiary/aromatic N) is 4. The largest absolute Gasteiger partial charge is 0.445 e. The number of hydrogen-bond donors (Lipinski definition) is 0. The van der Waals surface area contributed by atoms with Gasteiger partial charge in [0.25, 0.3) is 5.91 Å². The van der Waals surface area contributed by atoms with Crippen LogP contribution in [-0.4, -0.2) is 38.8 Å². The third-order valence-corrected chi connectivity index (χ3v) is 5.12. The molecule has 0 aliphatic carbocycles. The van der Waals surface area contributed by atoms with Gasteiger partial charge in [-0.1, -0.05) is 29.8 Å². The Kier molecular flexibility index (Phi) is 5.16. The maximum atomic E-state index is 12.6. The highest BCUT2D eigenvalue weighted by Gasteiger charge is 2.28. The van der Waals surface area contributed by atoms with Crippen LogP contribution >= 0.6 is 11.6 Å². The van der Waals surface area contributed by atoms with Gasteiger partial charge in [0.1, 0.15) is 17.8 Å². The van der Waals surface area contributed by atoms with Crippen LogP contribution in [0.3, 0.4) is 0 Å². The van der Waals surface area contributed by atoms with Crippen LogP contribution in [-0.2, 0) is 6.42 Å². The van der Waals surface area contributed by atoms with Crippen molar-refractivity contribution >= 4 is 17.5 Å². The highest BCUT2D eigenvalue weighted by molar-refractivity contribution is 6.31. The second-order valence-corrected chi connectivity index (χ2v) is 7.03. The lowest BCUT2D eigenvalue weighted by Gasteiger charge is -2.31. The molecule has 7 heteroatoms. The molecule has 1 saturated heterocycles. The van der Waals surface area contributed by atoms with Crippen molar-refractivity contribution < 1.29 is 9.21 Å². The minimum atomic E-state index is -0.0788. The normalized spacial score (nSPS) is 17.1. The third-order valence-electron chi connectivity index (χ3n) is 4.75. The molecule has 1 fully saturated rings. The Bertz CT molecular complexity index is 928. The summed E-state index contributed by atoms with van der Waals surface area (Å²) in [5.74, 6) is 1.46. The van der Waals surface area contributed by atoms with Crippen molar-refractivity contribution in [1.82, 2.24) is 19.9 Å². The lowest BCUT2D eigenvalue weighted by Crippen LogP contribution is -2.39. The molecule has 138 valence electrons. The van der Waals surface area contributed by atoms with E-state index in [-0.39, 0.29) is 11.8 Å². The van der Waals surface area contributed by atoms with Gasteiger partial charge in [-0.2, -0.15) is 0 Å². The standard InChI is InChI=1S/C20H19ClN4O2/c21-17-6-2-1-4-14(17)10-16-11-23-19(27-16)15-5-3-9-25(12-15)20(26)18-7-8-22-13-24-18/h1-2,4,6-8,11,13,15H,3,5,9-10,12H2/t15-/m0/s1. The molecule has 1 aromatic carbocycles. The zero-order chi connectivity index (χ0) is 18.6. The number of benzene rings is 1. The van der Waals surface area contributed by atoms with Crippen LogP contribution in [0.25, 0.3) is 0 Å². The van der Waals surface area contributed by atoms with Gasteiger partial charge in [-0.25, -0.2) is 15.0 Å². The van der Waals surface area contributed by atoms with Crippen molar-refractivity contribution in [3.05, 3.63) is 77.0 Å². The third kappa shape index (κ3) is 4.01. The summed E-state index contributed by atoms with van der Waals surface area (Å²) in [5, 5.41) is 0.717. The summed E-state index contributed by atoms with van der Waals surface area (Å²) in [6.45, 7) is 1.29. The number of carbonyl (C=O) groups is 1. The summed E-state index contributed by atoms with van der Waals surface area (Å²) >= 11 is 6.23. The predicted octanol–water partition coefficient (Wildman–Crippen LogP) is 3.73. The predicted molar refractivity (Wildman–Crippen MR) is 101 cm³/mol. The average Bonchev–Trinajstić information content (AvgIpc) is 3.19. The summed E-state index contributed by atoms with van der Waals surface area (Å²) in [6, 6.07) is 9.34. The molecule has 4 rings (SSSR count). The Labute approximate surface area is 162 Å². The molecule has 0 saturated carbocycles. The number of rotatable bonds is 4. The lowest BCUT2D eigenvalue weighted by molar-refractivity contribution is 0.0691. The fourth-order valence-electron chi connectivity index (χ4n) is 3.36. The number of carbonyl (C=O) groups excluding carboxylic acids is 1. The molecule has 3 heterocycles. The van der Waals surface area contributed by atoms with Gasteiger partial charge >= 0.3 is 0 Å². The molecule has 2 aromatic heterocycles. The molecule has 0 unspecified atom stereocenters. The topological polar surface area (TPSA) is 72.1 Å². The number of hydrogen-bond acceptors (Lipinski definition) is 5. The molecule has 1 aliphatic rings. The molecule has 0 bridgehead atoms. The average molecular weight is 383 g/mol. The van der Waals surface area contributed by atoms with E-state index in [0.717, 1.165) is 29.2 Å². The van der Waals surface area contributed by atoms with E-state index in [4.69, 9.17) is 16.0 Å². The van der Waals surface area contributed by atoms with Crippen molar-refractivity contribution in [2.75, 3.05) is 13.1 Å². The van der Waals surface area contributed by atoms with E-state index in [2.05, 4.69) is 15.0 Å². The highest BCUT2D eigenvalue weighted by atomic mass is 35.5. The van der Waals surface area contributed by atoms with Gasteiger partial charge in [0.15, 0.2) is 5.89 Å². The number of oxazole rings is 1. The molecule has 3 aromatic rings. The van der Waals surface area contributed by atoms with Gasteiger partial charge in [-0.3, -0.25) is 4.79 Å². The molecule has 0 spiro atoms. The molecule has 1 amide bonds. The number of amides is 1. The van der Waals surface area contributed by atoms with Gasteiger partial charge in [-0.05, 0) is 30.5 Å². The number of aromatic nitrogens is 3. The molecule has 27 heavy (non-hydrogen) atoms. The Morgan fingerprint density at radius 2 is 2.15 bits per heavy atom. The molecular weight excluding hydrogens is 364 g/mol. The van der Waals surface area contributed by atoms with E-state index in [1.54, 1.807) is 18.5 Å². The van der Waals surface area contributed by atoms with Gasteiger partial charge in [0.2, 0.25) is 0 Å². The van der Waals surface area contributed by atoms with E-state index in [1.165, 1.54) is 6.33 Å². The van der Waals surface area contributed by atoms with Crippen LogP contribution in [0.1, 0.15) is 46.5 Å². The number of halogens is 1. The van der Waals surface area contributed by atoms with Gasteiger partial charge < -0.3 is 9.32 Å². The van der Waals surface area contributed by atoms with Gasteiger partial charge in [-0.15, -0.1) is 0 Å². The van der Waals surface area contributed by atoms with Gasteiger partial charge in [0.05, 0.1) is 12.1 Å². The first kappa shape index (κ1) is 17.7. The van der Waals surface area contributed by atoms with Crippen LogP contribution in [0.15, 0.2) is 53.5 Å². The van der Waals surface area contributed by atoms with E-state index in [0.29, 0.717) is 31.1 Å². The SMILES string of the molecule is O=C(c1ccncn1)N1CCC[C@H](c2ncc(Cc3ccccc3Cl)o2)C1. The Hall–Kier alpha value is -2.73. The maximum Gasteiger partial charge on any atom is 0.272 e. The summed E-state index contributed by atoms with van der Waals surface area (Å²) in [7, 11) is 0. The molecule has 0 radical (unpaired) electrons. The summed E-state index contributed by atoms with van der Waals surface area (Å²) < 4.78 is 5.98. The fraction of sp³-hybridized carbons (Fsp3) is 0.300. The second kappa shape index (κ2) is 7.88. The monoisotopic (exact) mass is 382 g/mol. The van der Waals surface area contributed by atoms with E-state index in [1.807, 2.05) is 29.2 Å². The van der Waals surface area contributed by atoms with Crippen molar-refractivity contribution in [3.8, 4) is 0 Å². The van der Waals surface area contributed by atoms with Crippen LogP contribution < -0.4 is 0 Å². The van der Waals surface area contributed by atoms with Crippen molar-refractivity contribution in [1.29, 1.82) is 0 Å². The number of likely N-dealkylation sites (tertiary alicyclic amines) is 1. The quantitative estimate of drug-likeness (QED) is 0.687. The van der Waals surface area contributed by atoms with Gasteiger partial charge in [0, 0.05) is 30.7 Å². The summed E-state index contributed by atoms with van der Waals surface area (Å²) in [6.07, 6.45) is 7.18. The lowest BCUT2D eigenvalue weighted by atomic mass is 9.97. The minimum Gasteiger partial charge on any atom is -0.445 e. The summed E-state index contributed by atoms with van der Waals surface area (Å²) in [4.78, 5) is 26.8. The van der Waals surface area contributed by atoms with Crippen LogP contribution in [0.2, 0.25) is 5.02 Å². The Morgan fingerprint density at radius 3 is 2.96 bits per heavy atom. The zero-order valence-corrected chi connectivity index (χ0v) is 15.5. The molecule has 1 aliphatic heterocycles. The van der Waals surface area contributed by atoms with Crippen LogP contribution in [0.4, 0.5) is 0 Å². The second-order valence-electron chi connectivity index (χ2n) is 6.62. The molecular formula is C20H19ClN4O2. The smallest absolute Gasteiger partial charge is 0.272 e. The van der Waals surface area contributed by atoms with E-state index < -0.39 is 0 Å². The first-order valence-corrected chi connectivity index (χ1v) is 9.32. The fourth-order valence-corrected chi connectivity index (χ4v) is 3.57. The van der Waals surface area contributed by atoms with Crippen molar-refractivity contribution in [2.24, 2.45) is 0 Å². The summed E-state index contributed by atoms with van der Waals surface area (Å²) in [5.41, 5.74) is 1.42. The number of piperidine rings is 1. The van der Waals surface area contributed by atoms with Crippen molar-refractivity contribution in [3.63, 3.8) is 0 Å². The minimum absolute atomic E-state index is 0.0788. The van der Waals surface area contributed by atoms with Crippen molar-refractivity contribution in [2.45, 2.75) is 25.2 Å².